The maximum absolute atomic E-state index is 13.6. The minimum Gasteiger partial charge on any atom is -0.353 e. The van der Waals surface area contributed by atoms with Crippen molar-refractivity contribution in [1.82, 2.24) is 5.32 Å². The zero-order valence-corrected chi connectivity index (χ0v) is 13.2. The predicted octanol–water partition coefficient (Wildman–Crippen LogP) is 2.67. The van der Waals surface area contributed by atoms with E-state index in [2.05, 4.69) is 5.32 Å². The lowest BCUT2D eigenvalue weighted by atomic mass is 9.98. The van der Waals surface area contributed by atoms with Crippen molar-refractivity contribution in [2.45, 2.75) is 38.6 Å². The Hall–Kier alpha value is -1.13. The molecule has 21 heavy (non-hydrogen) atoms. The molecule has 1 aliphatic rings. The number of rotatable bonds is 5. The zero-order chi connectivity index (χ0) is 14.5. The average Bonchev–Trinajstić information content (AvgIpc) is 2.88. The molecule has 3 unspecified atom stereocenters. The Morgan fingerprint density at radius 2 is 2.14 bits per heavy atom. The van der Waals surface area contributed by atoms with Crippen LogP contribution in [0.5, 0.6) is 0 Å². The van der Waals surface area contributed by atoms with Gasteiger partial charge in [0.05, 0.1) is 0 Å². The number of carbonyl (C=O) groups is 1. The Morgan fingerprint density at radius 1 is 1.43 bits per heavy atom. The lowest BCUT2D eigenvalue weighted by Crippen LogP contribution is -2.42. The van der Waals surface area contributed by atoms with Crippen molar-refractivity contribution in [2.75, 3.05) is 6.54 Å². The molecule has 118 valence electrons. The van der Waals surface area contributed by atoms with Crippen molar-refractivity contribution >= 4 is 18.3 Å². The van der Waals surface area contributed by atoms with Gasteiger partial charge in [0.2, 0.25) is 5.91 Å². The summed E-state index contributed by atoms with van der Waals surface area (Å²) in [5.41, 5.74) is 6.31. The van der Waals surface area contributed by atoms with Crippen LogP contribution in [-0.4, -0.2) is 18.5 Å². The first kappa shape index (κ1) is 17.9. The van der Waals surface area contributed by atoms with Crippen LogP contribution in [0.3, 0.4) is 0 Å². The van der Waals surface area contributed by atoms with Crippen LogP contribution in [0.1, 0.15) is 31.7 Å². The number of carbonyl (C=O) groups excluding carboxylic acids is 1. The third-order valence-corrected chi connectivity index (χ3v) is 4.22. The quantitative estimate of drug-likeness (QED) is 0.878. The van der Waals surface area contributed by atoms with E-state index in [0.717, 1.165) is 19.3 Å². The van der Waals surface area contributed by atoms with Gasteiger partial charge in [-0.3, -0.25) is 4.79 Å². The van der Waals surface area contributed by atoms with Crippen molar-refractivity contribution in [3.8, 4) is 0 Å². The van der Waals surface area contributed by atoms with Crippen LogP contribution in [0.25, 0.3) is 0 Å². The second-order valence-corrected chi connectivity index (χ2v) is 5.74. The summed E-state index contributed by atoms with van der Waals surface area (Å²) in [5.74, 6) is -0.0861. The number of nitrogens with two attached hydrogens (primary N) is 1. The van der Waals surface area contributed by atoms with Crippen LogP contribution >= 0.6 is 12.4 Å². The average molecular weight is 315 g/mol. The van der Waals surface area contributed by atoms with Crippen LogP contribution in [0.2, 0.25) is 0 Å². The van der Waals surface area contributed by atoms with Gasteiger partial charge in [0.15, 0.2) is 0 Å². The van der Waals surface area contributed by atoms with Gasteiger partial charge in [-0.05, 0) is 43.4 Å². The second-order valence-electron chi connectivity index (χ2n) is 5.74. The van der Waals surface area contributed by atoms with E-state index in [1.165, 1.54) is 6.07 Å². The molecular formula is C16H24ClFN2O. The molecule has 0 radical (unpaired) electrons. The summed E-state index contributed by atoms with van der Waals surface area (Å²) >= 11 is 0. The third-order valence-electron chi connectivity index (χ3n) is 4.22. The molecule has 1 aromatic rings. The molecule has 2 rings (SSSR count). The molecular weight excluding hydrogens is 291 g/mol. The highest BCUT2D eigenvalue weighted by molar-refractivity contribution is 5.85. The highest BCUT2D eigenvalue weighted by Crippen LogP contribution is 2.25. The van der Waals surface area contributed by atoms with Gasteiger partial charge in [0, 0.05) is 12.0 Å². The molecule has 0 heterocycles. The van der Waals surface area contributed by atoms with E-state index in [9.17, 15) is 9.18 Å². The minimum atomic E-state index is -0.243. The Kier molecular flexibility index (Phi) is 7.12. The summed E-state index contributed by atoms with van der Waals surface area (Å²) in [6, 6.07) is 6.81. The number of hydrogen-bond acceptors (Lipinski definition) is 2. The SMILES string of the molecule is CC(Cc1ccccc1F)C(=O)NC1CCCC1CN.Cl. The second kappa shape index (κ2) is 8.35. The number of nitrogens with one attached hydrogen (secondary N) is 1. The molecule has 3 N–H and O–H groups in total. The van der Waals surface area contributed by atoms with Crippen LogP contribution in [0, 0.1) is 17.7 Å². The molecule has 1 aliphatic carbocycles. The van der Waals surface area contributed by atoms with Gasteiger partial charge in [-0.15, -0.1) is 12.4 Å². The first-order valence-corrected chi connectivity index (χ1v) is 7.35. The van der Waals surface area contributed by atoms with Crippen LogP contribution in [0.4, 0.5) is 4.39 Å². The van der Waals surface area contributed by atoms with Crippen molar-refractivity contribution < 1.29 is 9.18 Å². The number of hydrogen-bond donors (Lipinski definition) is 2. The van der Waals surface area contributed by atoms with Gasteiger partial charge >= 0.3 is 0 Å². The predicted molar refractivity (Wildman–Crippen MR) is 84.8 cm³/mol. The van der Waals surface area contributed by atoms with Gasteiger partial charge in [-0.2, -0.15) is 0 Å². The Morgan fingerprint density at radius 3 is 2.81 bits per heavy atom. The van der Waals surface area contributed by atoms with Gasteiger partial charge < -0.3 is 11.1 Å². The molecule has 0 spiro atoms. The standard InChI is InChI=1S/C16H23FN2O.ClH/c1-11(9-12-5-2-3-7-14(12)17)16(20)19-15-8-4-6-13(15)10-18;/h2-3,5,7,11,13,15H,4,6,8-10,18H2,1H3,(H,19,20);1H. The van der Waals surface area contributed by atoms with E-state index in [4.69, 9.17) is 5.73 Å². The van der Waals surface area contributed by atoms with E-state index < -0.39 is 0 Å². The molecule has 1 saturated carbocycles. The summed E-state index contributed by atoms with van der Waals surface area (Å²) in [7, 11) is 0. The maximum atomic E-state index is 13.6. The van der Waals surface area contributed by atoms with Gasteiger partial charge in [0.1, 0.15) is 5.82 Å². The number of amides is 1. The topological polar surface area (TPSA) is 55.1 Å². The van der Waals surface area contributed by atoms with Crippen LogP contribution in [0.15, 0.2) is 24.3 Å². The zero-order valence-electron chi connectivity index (χ0n) is 12.3. The van der Waals surface area contributed by atoms with Crippen molar-refractivity contribution in [3.63, 3.8) is 0 Å². The van der Waals surface area contributed by atoms with Crippen molar-refractivity contribution in [1.29, 1.82) is 0 Å². The lowest BCUT2D eigenvalue weighted by molar-refractivity contribution is -0.125. The summed E-state index contributed by atoms with van der Waals surface area (Å²) < 4.78 is 13.6. The molecule has 0 aliphatic heterocycles. The molecule has 1 amide bonds. The van der Waals surface area contributed by atoms with Gasteiger partial charge in [0.25, 0.3) is 0 Å². The number of halogens is 2. The third kappa shape index (κ3) is 4.68. The molecule has 3 nitrogen and oxygen atoms in total. The van der Waals surface area contributed by atoms with Gasteiger partial charge in [-0.25, -0.2) is 4.39 Å². The van der Waals surface area contributed by atoms with E-state index >= 15 is 0 Å². The first-order chi connectivity index (χ1) is 9.61. The number of benzene rings is 1. The van der Waals surface area contributed by atoms with Crippen molar-refractivity contribution in [2.24, 2.45) is 17.6 Å². The Labute approximate surface area is 131 Å². The summed E-state index contributed by atoms with van der Waals surface area (Å²) in [6.45, 7) is 2.46. The summed E-state index contributed by atoms with van der Waals surface area (Å²) in [6.07, 6.45) is 3.64. The van der Waals surface area contributed by atoms with Crippen molar-refractivity contribution in [3.05, 3.63) is 35.6 Å². The molecule has 0 aromatic heterocycles. The smallest absolute Gasteiger partial charge is 0.223 e. The molecule has 3 atom stereocenters. The Balaban J connectivity index is 0.00000220. The van der Waals surface area contributed by atoms with Crippen LogP contribution in [-0.2, 0) is 11.2 Å². The van der Waals surface area contributed by atoms with E-state index in [-0.39, 0.29) is 36.1 Å². The molecule has 5 heteroatoms. The van der Waals surface area contributed by atoms with E-state index in [1.807, 2.05) is 6.92 Å². The van der Waals surface area contributed by atoms with E-state index in [0.29, 0.717) is 24.4 Å². The first-order valence-electron chi connectivity index (χ1n) is 7.35. The Bertz CT molecular complexity index is 469. The van der Waals surface area contributed by atoms with E-state index in [1.54, 1.807) is 18.2 Å². The molecule has 1 aromatic carbocycles. The highest BCUT2D eigenvalue weighted by Gasteiger charge is 2.28. The summed E-state index contributed by atoms with van der Waals surface area (Å²) in [4.78, 5) is 12.2. The molecule has 1 fully saturated rings. The molecule has 0 bridgehead atoms. The maximum Gasteiger partial charge on any atom is 0.223 e. The fourth-order valence-corrected chi connectivity index (χ4v) is 2.92. The fourth-order valence-electron chi connectivity index (χ4n) is 2.92. The fraction of sp³-hybridized carbons (Fsp3) is 0.562. The van der Waals surface area contributed by atoms with Gasteiger partial charge in [-0.1, -0.05) is 31.5 Å². The summed E-state index contributed by atoms with van der Waals surface area (Å²) in [5, 5.41) is 3.08. The molecule has 0 saturated heterocycles. The normalized spacial score (nSPS) is 22.4. The highest BCUT2D eigenvalue weighted by atomic mass is 35.5. The lowest BCUT2D eigenvalue weighted by Gasteiger charge is -2.22. The van der Waals surface area contributed by atoms with Crippen LogP contribution < -0.4 is 11.1 Å². The largest absolute Gasteiger partial charge is 0.353 e. The minimum absolute atomic E-state index is 0. The monoisotopic (exact) mass is 314 g/mol.